The number of ether oxygens (including phenoxy) is 1. The van der Waals surface area contributed by atoms with Crippen molar-refractivity contribution in [3.8, 4) is 12.3 Å². The molecule has 0 aromatic heterocycles. The lowest BCUT2D eigenvalue weighted by Crippen LogP contribution is -2.43. The maximum Gasteiger partial charge on any atom is 0.376 e. The van der Waals surface area contributed by atoms with E-state index in [9.17, 15) is 26.0 Å². The van der Waals surface area contributed by atoms with E-state index in [0.717, 1.165) is 0 Å². The van der Waals surface area contributed by atoms with Gasteiger partial charge in [0.25, 0.3) is 20.2 Å². The molecule has 1 aliphatic rings. The zero-order valence-corrected chi connectivity index (χ0v) is 10.3. The van der Waals surface area contributed by atoms with Crippen molar-refractivity contribution in [3.63, 3.8) is 0 Å². The molecule has 0 aliphatic carbocycles. The van der Waals surface area contributed by atoms with Crippen LogP contribution in [0, 0.1) is 12.3 Å². The van der Waals surface area contributed by atoms with Crippen molar-refractivity contribution in [1.82, 2.24) is 0 Å². The molecule has 0 N–H and O–H groups in total. The fourth-order valence-electron chi connectivity index (χ4n) is 0.934. The third kappa shape index (κ3) is 3.64. The van der Waals surface area contributed by atoms with Crippen molar-refractivity contribution in [2.45, 2.75) is 5.85 Å². The molecule has 0 bridgehead atoms. The summed E-state index contributed by atoms with van der Waals surface area (Å²) in [4.78, 5) is 11.2. The van der Waals surface area contributed by atoms with Gasteiger partial charge in [0.2, 0.25) is 5.08 Å². The van der Waals surface area contributed by atoms with Crippen LogP contribution < -0.4 is 0 Å². The molecular weight excluding hydrogens is 295 g/mol. The molecule has 1 fully saturated rings. The summed E-state index contributed by atoms with van der Waals surface area (Å²) in [7, 11) is -9.40. The minimum Gasteiger partial charge on any atom is -0.448 e. The molecule has 1 rings (SSSR count). The first-order chi connectivity index (χ1) is 8.10. The Bertz CT molecular complexity index is 585. The molecule has 1 heterocycles. The van der Waals surface area contributed by atoms with Gasteiger partial charge in [-0.25, -0.2) is 8.98 Å². The van der Waals surface area contributed by atoms with Crippen LogP contribution in [-0.4, -0.2) is 47.0 Å². The zero-order valence-electron chi connectivity index (χ0n) is 8.66. The quantitative estimate of drug-likeness (QED) is 0.344. The van der Waals surface area contributed by atoms with Crippen molar-refractivity contribution < 1.29 is 39.1 Å². The van der Waals surface area contributed by atoms with Gasteiger partial charge >= 0.3 is 11.8 Å². The van der Waals surface area contributed by atoms with Crippen LogP contribution in [0.3, 0.4) is 0 Å². The van der Waals surface area contributed by atoms with Gasteiger partial charge < -0.3 is 4.74 Å². The highest BCUT2D eigenvalue weighted by Crippen LogP contribution is 2.25. The monoisotopic (exact) mass is 302 g/mol. The van der Waals surface area contributed by atoms with Crippen molar-refractivity contribution in [2.75, 3.05) is 18.3 Å². The molecule has 1 atom stereocenters. The summed E-state index contributed by atoms with van der Waals surface area (Å²) in [5, 5.41) is -1.60. The Morgan fingerprint density at radius 2 is 2.00 bits per heavy atom. The summed E-state index contributed by atoms with van der Waals surface area (Å²) < 4.78 is 70.0. The Labute approximate surface area is 102 Å². The Kier molecular flexibility index (Phi) is 3.96. The Balaban J connectivity index is 3.04. The van der Waals surface area contributed by atoms with Crippen LogP contribution in [-0.2, 0) is 38.1 Å². The van der Waals surface area contributed by atoms with Crippen molar-refractivity contribution in [3.05, 3.63) is 0 Å². The molecule has 18 heavy (non-hydrogen) atoms. The van der Waals surface area contributed by atoms with Gasteiger partial charge in [-0.3, -0.25) is 4.18 Å². The minimum atomic E-state index is -4.84. The molecule has 0 saturated carbocycles. The van der Waals surface area contributed by atoms with Crippen LogP contribution in [0.2, 0.25) is 0 Å². The van der Waals surface area contributed by atoms with Crippen LogP contribution >= 0.6 is 0 Å². The number of hydrogen-bond acceptors (Lipinski definition) is 8. The van der Waals surface area contributed by atoms with Crippen molar-refractivity contribution in [2.24, 2.45) is 0 Å². The molecule has 0 radical (unpaired) electrons. The van der Waals surface area contributed by atoms with E-state index in [1.807, 2.05) is 5.92 Å². The van der Waals surface area contributed by atoms with E-state index in [1.165, 1.54) is 0 Å². The number of esters is 1. The number of hydrogen-bond donors (Lipinski definition) is 0. The van der Waals surface area contributed by atoms with Crippen molar-refractivity contribution in [1.29, 1.82) is 0 Å². The first-order valence-corrected chi connectivity index (χ1v) is 7.36. The Hall–Kier alpha value is -1.22. The topological polar surface area (TPSA) is 113 Å². The van der Waals surface area contributed by atoms with E-state index < -0.39 is 50.4 Å². The normalized spacial score (nSPS) is 29.8. The van der Waals surface area contributed by atoms with E-state index in [4.69, 9.17) is 6.42 Å². The number of halogens is 1. The SMILES string of the molecule is C#CCOC(=O)C1(F)COS(=O)(=O)CS(=O)(=O)O1. The lowest BCUT2D eigenvalue weighted by molar-refractivity contribution is -0.182. The highest BCUT2D eigenvalue weighted by Gasteiger charge is 2.51. The summed E-state index contributed by atoms with van der Waals surface area (Å²) in [5.41, 5.74) is 0. The molecule has 8 nitrogen and oxygen atoms in total. The molecule has 0 amide bonds. The highest BCUT2D eigenvalue weighted by atomic mass is 32.3. The van der Waals surface area contributed by atoms with Gasteiger partial charge in [0, 0.05) is 0 Å². The number of carbonyl (C=O) groups excluding carboxylic acids is 1. The predicted molar refractivity (Wildman–Crippen MR) is 53.4 cm³/mol. The van der Waals surface area contributed by atoms with E-state index in [-0.39, 0.29) is 0 Å². The zero-order chi connectivity index (χ0) is 14.0. The number of terminal acetylenes is 1. The molecule has 1 aliphatic heterocycles. The number of carbonyl (C=O) groups is 1. The van der Waals surface area contributed by atoms with Gasteiger partial charge in [-0.2, -0.15) is 21.2 Å². The van der Waals surface area contributed by atoms with Gasteiger partial charge in [0.05, 0.1) is 0 Å². The van der Waals surface area contributed by atoms with E-state index >= 15 is 0 Å². The van der Waals surface area contributed by atoms with Crippen molar-refractivity contribution >= 4 is 26.2 Å². The molecule has 0 spiro atoms. The molecule has 1 saturated heterocycles. The van der Waals surface area contributed by atoms with Gasteiger partial charge in [0.15, 0.2) is 6.61 Å². The van der Waals surface area contributed by atoms with Gasteiger partial charge in [-0.1, -0.05) is 5.92 Å². The Morgan fingerprint density at radius 1 is 1.39 bits per heavy atom. The van der Waals surface area contributed by atoms with Crippen LogP contribution in [0.25, 0.3) is 0 Å². The van der Waals surface area contributed by atoms with Gasteiger partial charge in [-0.15, -0.1) is 6.42 Å². The number of rotatable bonds is 2. The summed E-state index contributed by atoms with van der Waals surface area (Å²) in [6.07, 6.45) is 4.74. The lowest BCUT2D eigenvalue weighted by Gasteiger charge is -2.18. The molecule has 0 aromatic carbocycles. The predicted octanol–water partition coefficient (Wildman–Crippen LogP) is -1.51. The van der Waals surface area contributed by atoms with Crippen LogP contribution in [0.15, 0.2) is 0 Å². The van der Waals surface area contributed by atoms with E-state index in [0.29, 0.717) is 0 Å². The molecule has 0 aromatic rings. The Morgan fingerprint density at radius 3 is 2.56 bits per heavy atom. The molecule has 102 valence electrons. The second-order valence-electron chi connectivity index (χ2n) is 3.09. The second-order valence-corrected chi connectivity index (χ2v) is 6.66. The summed E-state index contributed by atoms with van der Waals surface area (Å²) in [6.45, 7) is -2.11. The highest BCUT2D eigenvalue weighted by molar-refractivity contribution is 8.03. The fourth-order valence-corrected chi connectivity index (χ4v) is 3.66. The lowest BCUT2D eigenvalue weighted by atomic mass is 10.3. The van der Waals surface area contributed by atoms with E-state index in [1.54, 1.807) is 0 Å². The molecule has 11 heteroatoms. The number of alkyl halides is 1. The summed E-state index contributed by atoms with van der Waals surface area (Å²) in [6, 6.07) is 0. The minimum absolute atomic E-state index is 0.638. The maximum absolute atomic E-state index is 13.9. The van der Waals surface area contributed by atoms with Gasteiger partial charge in [-0.05, 0) is 0 Å². The average molecular weight is 302 g/mol. The standard InChI is InChI=1S/C7H7FO8S2/c1-2-3-14-6(9)7(8)4-15-17(10,11)5-18(12,13)16-7/h1H,3-5H2. The summed E-state index contributed by atoms with van der Waals surface area (Å²) >= 11 is 0. The van der Waals surface area contributed by atoms with Crippen LogP contribution in [0.4, 0.5) is 4.39 Å². The first-order valence-electron chi connectivity index (χ1n) is 4.20. The fraction of sp³-hybridized carbons (Fsp3) is 0.571. The summed E-state index contributed by atoms with van der Waals surface area (Å²) in [5.74, 6) is -3.54. The largest absolute Gasteiger partial charge is 0.448 e. The second kappa shape index (κ2) is 4.81. The maximum atomic E-state index is 13.9. The first kappa shape index (κ1) is 14.8. The average Bonchev–Trinajstić information content (AvgIpc) is 2.28. The third-order valence-corrected chi connectivity index (χ3v) is 4.87. The molecule has 1 unspecified atom stereocenters. The molecular formula is C7H7FO8S2. The smallest absolute Gasteiger partial charge is 0.376 e. The van der Waals surface area contributed by atoms with E-state index in [2.05, 4.69) is 13.1 Å². The van der Waals surface area contributed by atoms with Crippen LogP contribution in [0.5, 0.6) is 0 Å². The third-order valence-electron chi connectivity index (χ3n) is 1.56. The van der Waals surface area contributed by atoms with Gasteiger partial charge in [0.1, 0.15) is 6.61 Å². The van der Waals surface area contributed by atoms with Crippen LogP contribution in [0.1, 0.15) is 0 Å².